The van der Waals surface area contributed by atoms with Crippen LogP contribution < -0.4 is 0 Å². The molecule has 1 rings (SSSR count). The van der Waals surface area contributed by atoms with Crippen LogP contribution in [0.25, 0.3) is 0 Å². The molecule has 1 aliphatic heterocycles. The molecule has 11 heavy (non-hydrogen) atoms. The first kappa shape index (κ1) is 9.08. The smallest absolute Gasteiger partial charge is 0.185 e. The molecule has 0 saturated carbocycles. The van der Waals surface area contributed by atoms with Crippen LogP contribution in [0, 0.1) is 0 Å². The molecule has 64 valence electrons. The van der Waals surface area contributed by atoms with Crippen molar-refractivity contribution in [1.82, 2.24) is 9.71 Å². The summed E-state index contributed by atoms with van der Waals surface area (Å²) in [6.45, 7) is 11.8. The Morgan fingerprint density at radius 3 is 1.82 bits per heavy atom. The van der Waals surface area contributed by atoms with Crippen molar-refractivity contribution in [3.63, 3.8) is 0 Å². The zero-order valence-electron chi connectivity index (χ0n) is 8.22. The summed E-state index contributed by atoms with van der Waals surface area (Å²) in [7, 11) is 2.19. The molecule has 0 bridgehead atoms. The van der Waals surface area contributed by atoms with E-state index < -0.39 is 0 Å². The van der Waals surface area contributed by atoms with Gasteiger partial charge in [-0.05, 0) is 33.9 Å². The lowest BCUT2D eigenvalue weighted by atomic mass is 10.0. The molecular weight excluding hydrogens is 135 g/mol. The van der Waals surface area contributed by atoms with Gasteiger partial charge in [-0.15, -0.1) is 0 Å². The highest BCUT2D eigenvalue weighted by Gasteiger charge is 2.23. The van der Waals surface area contributed by atoms with Gasteiger partial charge in [-0.2, -0.15) is 0 Å². The zero-order chi connectivity index (χ0) is 8.48. The molecule has 3 heteroatoms. The second kappa shape index (κ2) is 3.15. The minimum Gasteiger partial charge on any atom is -0.346 e. The van der Waals surface area contributed by atoms with Gasteiger partial charge >= 0.3 is 0 Å². The number of hydrogen-bond acceptors (Lipinski definition) is 2. The van der Waals surface area contributed by atoms with E-state index in [-0.39, 0.29) is 0 Å². The SMILES string of the molecule is BN1CCN(C(C)(C)C)CC1. The molecule has 1 heterocycles. The van der Waals surface area contributed by atoms with Gasteiger partial charge in [-0.1, -0.05) is 0 Å². The van der Waals surface area contributed by atoms with Crippen molar-refractivity contribution in [2.45, 2.75) is 26.3 Å². The Bertz CT molecular complexity index is 123. The molecule has 0 amide bonds. The molecule has 0 spiro atoms. The van der Waals surface area contributed by atoms with Crippen LogP contribution in [0.5, 0.6) is 0 Å². The maximum absolute atomic E-state index is 2.55. The summed E-state index contributed by atoms with van der Waals surface area (Å²) in [4.78, 5) is 4.94. The number of rotatable bonds is 0. The van der Waals surface area contributed by atoms with E-state index in [1.165, 1.54) is 26.2 Å². The maximum Gasteiger partial charge on any atom is 0.185 e. The van der Waals surface area contributed by atoms with Gasteiger partial charge < -0.3 is 4.81 Å². The minimum atomic E-state index is 0.362. The number of nitrogens with zero attached hydrogens (tertiary/aromatic N) is 2. The molecule has 0 N–H and O–H groups in total. The van der Waals surface area contributed by atoms with E-state index in [4.69, 9.17) is 0 Å². The van der Waals surface area contributed by atoms with E-state index >= 15 is 0 Å². The third-order valence-electron chi connectivity index (χ3n) is 2.45. The Morgan fingerprint density at radius 1 is 1.00 bits per heavy atom. The quantitative estimate of drug-likeness (QED) is 0.451. The third kappa shape index (κ3) is 2.49. The molecule has 0 aliphatic carbocycles. The lowest BCUT2D eigenvalue weighted by molar-refractivity contribution is 0.0930. The highest BCUT2D eigenvalue weighted by Crippen LogP contribution is 2.14. The average molecular weight is 154 g/mol. The molecule has 0 radical (unpaired) electrons. The molecule has 0 aromatic rings. The Balaban J connectivity index is 2.39. The van der Waals surface area contributed by atoms with E-state index in [1.807, 2.05) is 0 Å². The van der Waals surface area contributed by atoms with Crippen molar-refractivity contribution >= 4 is 7.98 Å². The van der Waals surface area contributed by atoms with Crippen LogP contribution >= 0.6 is 0 Å². The molecule has 1 saturated heterocycles. The van der Waals surface area contributed by atoms with Crippen LogP contribution in [-0.4, -0.2) is 49.4 Å². The van der Waals surface area contributed by atoms with Gasteiger partial charge in [-0.25, -0.2) is 0 Å². The van der Waals surface area contributed by atoms with Gasteiger partial charge in [0.15, 0.2) is 7.98 Å². The van der Waals surface area contributed by atoms with Crippen molar-refractivity contribution in [2.24, 2.45) is 0 Å². The predicted octanol–water partition coefficient (Wildman–Crippen LogP) is -0.0494. The number of piperazine rings is 1. The Kier molecular flexibility index (Phi) is 2.60. The van der Waals surface area contributed by atoms with Crippen LogP contribution in [0.4, 0.5) is 0 Å². The summed E-state index contributed by atoms with van der Waals surface area (Å²) in [6, 6.07) is 0. The summed E-state index contributed by atoms with van der Waals surface area (Å²) in [5.41, 5.74) is 0.362. The Morgan fingerprint density at radius 2 is 1.45 bits per heavy atom. The van der Waals surface area contributed by atoms with Crippen molar-refractivity contribution < 1.29 is 0 Å². The second-order valence-corrected chi connectivity index (χ2v) is 4.46. The largest absolute Gasteiger partial charge is 0.346 e. The van der Waals surface area contributed by atoms with Crippen molar-refractivity contribution in [3.8, 4) is 0 Å². The zero-order valence-corrected chi connectivity index (χ0v) is 8.22. The van der Waals surface area contributed by atoms with Crippen molar-refractivity contribution in [3.05, 3.63) is 0 Å². The highest BCUT2D eigenvalue weighted by atomic mass is 15.3. The lowest BCUT2D eigenvalue weighted by Gasteiger charge is -2.41. The third-order valence-corrected chi connectivity index (χ3v) is 2.45. The fourth-order valence-corrected chi connectivity index (χ4v) is 1.48. The summed E-state index contributed by atoms with van der Waals surface area (Å²) < 4.78 is 0. The molecule has 0 aromatic carbocycles. The van der Waals surface area contributed by atoms with Gasteiger partial charge in [-0.3, -0.25) is 4.90 Å². The topological polar surface area (TPSA) is 6.48 Å². The van der Waals surface area contributed by atoms with E-state index in [2.05, 4.69) is 38.5 Å². The van der Waals surface area contributed by atoms with E-state index in [0.717, 1.165) is 0 Å². The highest BCUT2D eigenvalue weighted by molar-refractivity contribution is 6.04. The summed E-state index contributed by atoms with van der Waals surface area (Å²) in [6.07, 6.45) is 0. The maximum atomic E-state index is 2.55. The van der Waals surface area contributed by atoms with Crippen molar-refractivity contribution in [1.29, 1.82) is 0 Å². The van der Waals surface area contributed by atoms with Gasteiger partial charge in [0, 0.05) is 18.6 Å². The summed E-state index contributed by atoms with van der Waals surface area (Å²) >= 11 is 0. The van der Waals surface area contributed by atoms with Crippen LogP contribution in [0.2, 0.25) is 0 Å². The monoisotopic (exact) mass is 154 g/mol. The minimum absolute atomic E-state index is 0.362. The first-order valence-electron chi connectivity index (χ1n) is 4.44. The van der Waals surface area contributed by atoms with E-state index in [1.54, 1.807) is 0 Å². The summed E-state index contributed by atoms with van der Waals surface area (Å²) in [5, 5.41) is 0. The fraction of sp³-hybridized carbons (Fsp3) is 1.00. The van der Waals surface area contributed by atoms with Crippen molar-refractivity contribution in [2.75, 3.05) is 26.2 Å². The average Bonchev–Trinajstić information content (AvgIpc) is 1.86. The molecule has 1 fully saturated rings. The van der Waals surface area contributed by atoms with Crippen LogP contribution in [0.15, 0.2) is 0 Å². The molecule has 2 nitrogen and oxygen atoms in total. The Hall–Kier alpha value is -0.0151. The van der Waals surface area contributed by atoms with Gasteiger partial charge in [0.05, 0.1) is 0 Å². The fourth-order valence-electron chi connectivity index (χ4n) is 1.48. The molecule has 0 unspecified atom stereocenters. The second-order valence-electron chi connectivity index (χ2n) is 4.46. The van der Waals surface area contributed by atoms with E-state index in [9.17, 15) is 0 Å². The molecule has 0 atom stereocenters. The Labute approximate surface area is 71.0 Å². The molecule has 0 aromatic heterocycles. The predicted molar refractivity (Wildman–Crippen MR) is 51.4 cm³/mol. The lowest BCUT2D eigenvalue weighted by Crippen LogP contribution is -2.52. The van der Waals surface area contributed by atoms with E-state index in [0.29, 0.717) is 5.54 Å². The van der Waals surface area contributed by atoms with Gasteiger partial charge in [0.25, 0.3) is 0 Å². The van der Waals surface area contributed by atoms with Crippen LogP contribution in [0.3, 0.4) is 0 Å². The standard InChI is InChI=1S/C8H19BN2/c1-8(2,3)10-4-6-11(9)7-5-10/h4-7,9H2,1-3H3. The van der Waals surface area contributed by atoms with Gasteiger partial charge in [0.1, 0.15) is 0 Å². The molecule has 1 aliphatic rings. The van der Waals surface area contributed by atoms with Crippen LogP contribution in [0.1, 0.15) is 20.8 Å². The van der Waals surface area contributed by atoms with Crippen LogP contribution in [-0.2, 0) is 0 Å². The normalized spacial score (nSPS) is 23.9. The first-order chi connectivity index (χ1) is 5.00. The molecular formula is C8H19BN2. The number of hydrogen-bond donors (Lipinski definition) is 0. The summed E-state index contributed by atoms with van der Waals surface area (Å²) in [5.74, 6) is 0. The van der Waals surface area contributed by atoms with Gasteiger partial charge in [0.2, 0.25) is 0 Å². The first-order valence-corrected chi connectivity index (χ1v) is 4.44.